The van der Waals surface area contributed by atoms with Crippen molar-refractivity contribution >= 4 is 5.91 Å². The molecule has 1 fully saturated rings. The molecule has 0 bridgehead atoms. The summed E-state index contributed by atoms with van der Waals surface area (Å²) in [6.45, 7) is 2.56. The van der Waals surface area contributed by atoms with Crippen LogP contribution in [0, 0.1) is 12.8 Å². The van der Waals surface area contributed by atoms with Crippen molar-refractivity contribution in [1.29, 1.82) is 0 Å². The molecule has 156 valence electrons. The van der Waals surface area contributed by atoms with Crippen LogP contribution in [0.3, 0.4) is 0 Å². The number of rotatable bonds is 6. The molecule has 0 saturated heterocycles. The van der Waals surface area contributed by atoms with E-state index >= 15 is 0 Å². The highest BCUT2D eigenvalue weighted by Gasteiger charge is 2.35. The Kier molecular flexibility index (Phi) is 5.79. The van der Waals surface area contributed by atoms with Crippen molar-refractivity contribution in [3.8, 4) is 11.5 Å². The average molecular weight is 399 g/mol. The molecule has 0 N–H and O–H groups in total. The first-order chi connectivity index (χ1) is 14.1. The molecule has 1 amide bonds. The quantitative estimate of drug-likeness (QED) is 0.719. The summed E-state index contributed by atoms with van der Waals surface area (Å²) in [7, 11) is 3.27. The van der Waals surface area contributed by atoms with Crippen LogP contribution in [0.4, 0.5) is 0 Å². The second-order valence-corrected chi connectivity index (χ2v) is 8.21. The lowest BCUT2D eigenvalue weighted by atomic mass is 9.89. The molecule has 6 nitrogen and oxygen atoms in total. The maximum absolute atomic E-state index is 13.2. The Hall–Kier alpha value is -2.50. The number of hydrogen-bond acceptors (Lipinski definition) is 5. The van der Waals surface area contributed by atoms with Crippen LogP contribution in [0.25, 0.3) is 0 Å². The molecule has 1 aliphatic carbocycles. The lowest BCUT2D eigenvalue weighted by Gasteiger charge is -2.36. The van der Waals surface area contributed by atoms with Crippen LogP contribution in [-0.2, 0) is 11.2 Å². The van der Waals surface area contributed by atoms with Crippen molar-refractivity contribution in [2.24, 2.45) is 5.92 Å². The third kappa shape index (κ3) is 3.98. The number of hydrogen-bond donors (Lipinski definition) is 0. The fourth-order valence-electron chi connectivity index (χ4n) is 4.80. The van der Waals surface area contributed by atoms with Crippen molar-refractivity contribution in [3.63, 3.8) is 0 Å². The van der Waals surface area contributed by atoms with E-state index in [0.29, 0.717) is 36.1 Å². The van der Waals surface area contributed by atoms with Crippen molar-refractivity contribution < 1.29 is 18.8 Å². The monoisotopic (exact) mass is 398 g/mol. The van der Waals surface area contributed by atoms with E-state index in [0.717, 1.165) is 29.7 Å². The topological polar surface area (TPSA) is 64.8 Å². The first-order valence-corrected chi connectivity index (χ1v) is 10.6. The fourth-order valence-corrected chi connectivity index (χ4v) is 4.80. The van der Waals surface area contributed by atoms with Gasteiger partial charge in [-0.15, -0.1) is 0 Å². The van der Waals surface area contributed by atoms with Gasteiger partial charge in [0.1, 0.15) is 6.04 Å². The number of amides is 1. The van der Waals surface area contributed by atoms with Gasteiger partial charge in [0, 0.05) is 19.0 Å². The van der Waals surface area contributed by atoms with E-state index < -0.39 is 0 Å². The summed E-state index contributed by atoms with van der Waals surface area (Å²) in [6, 6.07) is 5.64. The number of aryl methyl sites for hydroxylation is 1. The lowest BCUT2D eigenvalue weighted by molar-refractivity contribution is -0.134. The largest absolute Gasteiger partial charge is 0.493 e. The van der Waals surface area contributed by atoms with Crippen molar-refractivity contribution in [3.05, 3.63) is 40.8 Å². The van der Waals surface area contributed by atoms with Crippen LogP contribution in [0.5, 0.6) is 11.5 Å². The highest BCUT2D eigenvalue weighted by Crippen LogP contribution is 2.41. The predicted molar refractivity (Wildman–Crippen MR) is 109 cm³/mol. The minimum Gasteiger partial charge on any atom is -0.493 e. The summed E-state index contributed by atoms with van der Waals surface area (Å²) in [4.78, 5) is 15.2. The third-order valence-corrected chi connectivity index (χ3v) is 6.35. The Morgan fingerprint density at radius 3 is 2.55 bits per heavy atom. The third-order valence-electron chi connectivity index (χ3n) is 6.35. The molecule has 2 aromatic rings. The summed E-state index contributed by atoms with van der Waals surface area (Å²) >= 11 is 0. The number of carbonyl (C=O) groups is 1. The lowest BCUT2D eigenvalue weighted by Crippen LogP contribution is -2.40. The molecule has 29 heavy (non-hydrogen) atoms. The van der Waals surface area contributed by atoms with Gasteiger partial charge in [0.25, 0.3) is 0 Å². The molecule has 1 aromatic heterocycles. The Balaban J connectivity index is 1.66. The molecule has 4 rings (SSSR count). The maximum atomic E-state index is 13.2. The van der Waals surface area contributed by atoms with Crippen LogP contribution in [0.2, 0.25) is 0 Å². The first kappa shape index (κ1) is 19.8. The zero-order valence-corrected chi connectivity index (χ0v) is 17.6. The van der Waals surface area contributed by atoms with Gasteiger partial charge in [0.05, 0.1) is 19.9 Å². The summed E-state index contributed by atoms with van der Waals surface area (Å²) in [6.07, 6.45) is 7.49. The maximum Gasteiger partial charge on any atom is 0.223 e. The van der Waals surface area contributed by atoms with Gasteiger partial charge < -0.3 is 18.9 Å². The van der Waals surface area contributed by atoms with Crippen molar-refractivity contribution in [2.45, 2.75) is 57.9 Å². The Bertz CT molecular complexity index is 870. The molecule has 2 heterocycles. The molecular formula is C23H30N2O4. The van der Waals surface area contributed by atoms with Crippen LogP contribution in [0.15, 0.2) is 22.7 Å². The zero-order valence-electron chi connectivity index (χ0n) is 17.6. The summed E-state index contributed by atoms with van der Waals surface area (Å²) < 4.78 is 16.6. The van der Waals surface area contributed by atoms with Crippen LogP contribution in [-0.4, -0.2) is 36.7 Å². The van der Waals surface area contributed by atoms with Gasteiger partial charge in [0.15, 0.2) is 17.3 Å². The van der Waals surface area contributed by atoms with Gasteiger partial charge in [0.2, 0.25) is 5.91 Å². The zero-order chi connectivity index (χ0) is 20.4. The number of nitrogens with zero attached hydrogens (tertiary/aromatic N) is 2. The van der Waals surface area contributed by atoms with Crippen LogP contribution in [0.1, 0.15) is 67.1 Å². The van der Waals surface area contributed by atoms with E-state index in [1.807, 2.05) is 30.0 Å². The SMILES string of the molecule is COc1cc2c(cc1OC)[C@H](c1cc(C)no1)N(C(=O)CCC1CCCC1)CC2. The number of methoxy groups -OCH3 is 2. The predicted octanol–water partition coefficient (Wildman–Crippen LogP) is 4.44. The van der Waals surface area contributed by atoms with Gasteiger partial charge in [-0.25, -0.2) is 0 Å². The number of benzene rings is 1. The standard InChI is InChI=1S/C23H30N2O4/c1-15-12-21(29-24-15)23-18-14-20(28-3)19(27-2)13-17(18)10-11-25(23)22(26)9-8-16-6-4-5-7-16/h12-14,16,23H,4-11H2,1-3H3/t23-/m1/s1. The van der Waals surface area contributed by atoms with E-state index in [1.165, 1.54) is 25.7 Å². The molecular weight excluding hydrogens is 368 g/mol. The number of carbonyl (C=O) groups excluding carboxylic acids is 1. The second kappa shape index (κ2) is 8.47. The van der Waals surface area contributed by atoms with Gasteiger partial charge >= 0.3 is 0 Å². The van der Waals surface area contributed by atoms with Gasteiger partial charge in [-0.3, -0.25) is 4.79 Å². The Morgan fingerprint density at radius 1 is 1.17 bits per heavy atom. The van der Waals surface area contributed by atoms with E-state index in [9.17, 15) is 4.79 Å². The highest BCUT2D eigenvalue weighted by atomic mass is 16.5. The van der Waals surface area contributed by atoms with E-state index in [4.69, 9.17) is 14.0 Å². The Labute approximate surface area is 172 Å². The van der Waals surface area contributed by atoms with Gasteiger partial charge in [-0.1, -0.05) is 30.8 Å². The smallest absolute Gasteiger partial charge is 0.223 e. The number of fused-ring (bicyclic) bond motifs is 1. The molecule has 0 unspecified atom stereocenters. The van der Waals surface area contributed by atoms with Crippen LogP contribution >= 0.6 is 0 Å². The van der Waals surface area contributed by atoms with E-state index in [-0.39, 0.29) is 11.9 Å². The number of ether oxygens (including phenoxy) is 2. The highest BCUT2D eigenvalue weighted by molar-refractivity contribution is 5.78. The first-order valence-electron chi connectivity index (χ1n) is 10.6. The fraction of sp³-hybridized carbons (Fsp3) is 0.565. The number of aromatic nitrogens is 1. The molecule has 0 spiro atoms. The summed E-state index contributed by atoms with van der Waals surface area (Å²) in [5.41, 5.74) is 2.99. The Morgan fingerprint density at radius 2 is 1.90 bits per heavy atom. The molecule has 2 aliphatic rings. The molecule has 0 radical (unpaired) electrons. The van der Waals surface area contributed by atoms with Gasteiger partial charge in [-0.05, 0) is 48.9 Å². The van der Waals surface area contributed by atoms with Crippen molar-refractivity contribution in [1.82, 2.24) is 10.1 Å². The molecule has 1 atom stereocenters. The minimum atomic E-state index is -0.282. The normalized spacial score (nSPS) is 19.3. The average Bonchev–Trinajstić information content (AvgIpc) is 3.41. The van der Waals surface area contributed by atoms with E-state index in [2.05, 4.69) is 5.16 Å². The summed E-state index contributed by atoms with van der Waals surface area (Å²) in [5, 5.41) is 4.07. The second-order valence-electron chi connectivity index (χ2n) is 8.21. The van der Waals surface area contributed by atoms with E-state index in [1.54, 1.807) is 14.2 Å². The van der Waals surface area contributed by atoms with Crippen molar-refractivity contribution in [2.75, 3.05) is 20.8 Å². The van der Waals surface area contributed by atoms with Crippen LogP contribution < -0.4 is 9.47 Å². The summed E-state index contributed by atoms with van der Waals surface area (Å²) in [5.74, 6) is 2.96. The van der Waals surface area contributed by atoms with Gasteiger partial charge in [-0.2, -0.15) is 0 Å². The molecule has 6 heteroatoms. The minimum absolute atomic E-state index is 0.191. The molecule has 1 aromatic carbocycles. The molecule has 1 saturated carbocycles. The molecule has 1 aliphatic heterocycles.